The summed E-state index contributed by atoms with van der Waals surface area (Å²) in [6, 6.07) is 13.2. The highest BCUT2D eigenvalue weighted by Gasteiger charge is 2.16. The van der Waals surface area contributed by atoms with Crippen molar-refractivity contribution >= 4 is 34.2 Å². The van der Waals surface area contributed by atoms with Gasteiger partial charge in [0.25, 0.3) is 5.91 Å². The van der Waals surface area contributed by atoms with Gasteiger partial charge in [-0.05, 0) is 30.3 Å². The van der Waals surface area contributed by atoms with E-state index in [1.165, 1.54) is 20.1 Å². The zero-order valence-corrected chi connectivity index (χ0v) is 14.2. The summed E-state index contributed by atoms with van der Waals surface area (Å²) in [4.78, 5) is 35.9. The van der Waals surface area contributed by atoms with Gasteiger partial charge in [0, 0.05) is 18.0 Å². The molecule has 2 amide bonds. The molecule has 7 heteroatoms. The molecule has 7 nitrogen and oxygen atoms in total. The van der Waals surface area contributed by atoms with E-state index in [-0.39, 0.29) is 11.5 Å². The molecule has 0 saturated carbocycles. The first-order valence-electron chi connectivity index (χ1n) is 7.78. The summed E-state index contributed by atoms with van der Waals surface area (Å²) in [5, 5.41) is 5.88. The molecule has 0 aliphatic heterocycles. The van der Waals surface area contributed by atoms with Crippen LogP contribution in [0.4, 0.5) is 11.4 Å². The van der Waals surface area contributed by atoms with Crippen molar-refractivity contribution in [3.63, 3.8) is 0 Å². The molecule has 1 aromatic heterocycles. The van der Waals surface area contributed by atoms with Crippen LogP contribution in [-0.2, 0) is 4.79 Å². The first kappa shape index (κ1) is 17.2. The summed E-state index contributed by atoms with van der Waals surface area (Å²) < 4.78 is 10.4. The molecule has 0 fully saturated rings. The van der Waals surface area contributed by atoms with Crippen LogP contribution in [0.25, 0.3) is 11.0 Å². The van der Waals surface area contributed by atoms with Gasteiger partial charge < -0.3 is 19.8 Å². The fourth-order valence-electron chi connectivity index (χ4n) is 2.50. The number of rotatable bonds is 4. The van der Waals surface area contributed by atoms with Gasteiger partial charge in [-0.15, -0.1) is 0 Å². The standard InChI is InChI=1S/C19H16N2O5/c1-11(22)20-13-7-8-17(25-2)15(10-13)21-18(23)14-9-12-5-3-4-6-16(12)26-19(14)24/h3-10H,1-2H3,(H,20,22)(H,21,23). The second kappa shape index (κ2) is 7.10. The number of anilines is 2. The highest BCUT2D eigenvalue weighted by Crippen LogP contribution is 2.28. The first-order valence-corrected chi connectivity index (χ1v) is 7.78. The minimum Gasteiger partial charge on any atom is -0.495 e. The van der Waals surface area contributed by atoms with E-state index in [0.717, 1.165) is 0 Å². The van der Waals surface area contributed by atoms with Gasteiger partial charge >= 0.3 is 5.63 Å². The van der Waals surface area contributed by atoms with Gasteiger partial charge in [0.15, 0.2) is 0 Å². The third-order valence-electron chi connectivity index (χ3n) is 3.65. The van der Waals surface area contributed by atoms with E-state index in [2.05, 4.69) is 10.6 Å². The van der Waals surface area contributed by atoms with Gasteiger partial charge in [0.2, 0.25) is 5.91 Å². The molecule has 0 atom stereocenters. The largest absolute Gasteiger partial charge is 0.495 e. The summed E-state index contributed by atoms with van der Waals surface area (Å²) >= 11 is 0. The zero-order chi connectivity index (χ0) is 18.7. The van der Waals surface area contributed by atoms with Crippen LogP contribution in [0.2, 0.25) is 0 Å². The van der Waals surface area contributed by atoms with Crippen molar-refractivity contribution in [1.29, 1.82) is 0 Å². The fourth-order valence-corrected chi connectivity index (χ4v) is 2.50. The number of hydrogen-bond acceptors (Lipinski definition) is 5. The third kappa shape index (κ3) is 3.56. The molecule has 0 radical (unpaired) electrons. The smallest absolute Gasteiger partial charge is 0.349 e. The number of nitrogens with one attached hydrogen (secondary N) is 2. The van der Waals surface area contributed by atoms with Crippen molar-refractivity contribution in [3.8, 4) is 5.75 Å². The number of carbonyl (C=O) groups is 2. The number of benzene rings is 2. The van der Waals surface area contributed by atoms with Crippen molar-refractivity contribution in [3.05, 3.63) is 64.5 Å². The molecule has 1 heterocycles. The summed E-state index contributed by atoms with van der Waals surface area (Å²) in [7, 11) is 1.45. The predicted molar refractivity (Wildman–Crippen MR) is 97.7 cm³/mol. The number of amides is 2. The molecule has 3 aromatic rings. The number of fused-ring (bicyclic) bond motifs is 1. The zero-order valence-electron chi connectivity index (χ0n) is 14.2. The van der Waals surface area contributed by atoms with Gasteiger partial charge in [-0.2, -0.15) is 0 Å². The van der Waals surface area contributed by atoms with E-state index in [1.54, 1.807) is 42.5 Å². The molecule has 0 spiro atoms. The highest BCUT2D eigenvalue weighted by atomic mass is 16.5. The molecule has 2 aromatic carbocycles. The number of methoxy groups -OCH3 is 1. The number of carbonyl (C=O) groups excluding carboxylic acids is 2. The Kier molecular flexibility index (Phi) is 4.70. The molecular weight excluding hydrogens is 336 g/mol. The summed E-state index contributed by atoms with van der Waals surface area (Å²) in [6.45, 7) is 1.38. The Bertz CT molecular complexity index is 1060. The topological polar surface area (TPSA) is 97.6 Å². The van der Waals surface area contributed by atoms with Crippen molar-refractivity contribution in [2.45, 2.75) is 6.92 Å². The average molecular weight is 352 g/mol. The molecule has 2 N–H and O–H groups in total. The first-order chi connectivity index (χ1) is 12.5. The lowest BCUT2D eigenvalue weighted by Gasteiger charge is -2.12. The lowest BCUT2D eigenvalue weighted by atomic mass is 10.1. The molecule has 3 rings (SSSR count). The SMILES string of the molecule is COc1ccc(NC(C)=O)cc1NC(=O)c1cc2ccccc2oc1=O. The van der Waals surface area contributed by atoms with Crippen LogP contribution in [0.3, 0.4) is 0 Å². The molecule has 0 aliphatic rings. The van der Waals surface area contributed by atoms with E-state index in [0.29, 0.717) is 28.1 Å². The Balaban J connectivity index is 1.96. The Morgan fingerprint density at radius 3 is 2.54 bits per heavy atom. The van der Waals surface area contributed by atoms with Crippen molar-refractivity contribution in [2.75, 3.05) is 17.7 Å². The normalized spacial score (nSPS) is 10.4. The lowest BCUT2D eigenvalue weighted by molar-refractivity contribution is -0.114. The summed E-state index contributed by atoms with van der Waals surface area (Å²) in [6.07, 6.45) is 0. The average Bonchev–Trinajstić information content (AvgIpc) is 2.60. The summed E-state index contributed by atoms with van der Waals surface area (Å²) in [5.41, 5.74) is 0.337. The van der Waals surface area contributed by atoms with Crippen LogP contribution < -0.4 is 21.0 Å². The van der Waals surface area contributed by atoms with Gasteiger partial charge in [-0.3, -0.25) is 9.59 Å². The maximum Gasteiger partial charge on any atom is 0.349 e. The minimum atomic E-state index is -0.738. The molecule has 0 saturated heterocycles. The fraction of sp³-hybridized carbons (Fsp3) is 0.105. The molecule has 26 heavy (non-hydrogen) atoms. The predicted octanol–water partition coefficient (Wildman–Crippen LogP) is 3.01. The quantitative estimate of drug-likeness (QED) is 0.704. The Labute approximate surface area is 148 Å². The van der Waals surface area contributed by atoms with E-state index in [1.807, 2.05) is 0 Å². The lowest BCUT2D eigenvalue weighted by Crippen LogP contribution is -2.21. The maximum atomic E-state index is 12.6. The van der Waals surface area contributed by atoms with Gasteiger partial charge in [0.05, 0.1) is 12.8 Å². The van der Waals surface area contributed by atoms with Crippen molar-refractivity contribution in [1.82, 2.24) is 0 Å². The number of hydrogen-bond donors (Lipinski definition) is 2. The van der Waals surface area contributed by atoms with Crippen LogP contribution >= 0.6 is 0 Å². The van der Waals surface area contributed by atoms with Crippen LogP contribution in [0, 0.1) is 0 Å². The van der Waals surface area contributed by atoms with E-state index in [9.17, 15) is 14.4 Å². The van der Waals surface area contributed by atoms with Crippen molar-refractivity contribution in [2.24, 2.45) is 0 Å². The minimum absolute atomic E-state index is 0.129. The molecular formula is C19H16N2O5. The van der Waals surface area contributed by atoms with E-state index >= 15 is 0 Å². The van der Waals surface area contributed by atoms with E-state index < -0.39 is 11.5 Å². The van der Waals surface area contributed by atoms with Crippen LogP contribution in [0.1, 0.15) is 17.3 Å². The van der Waals surface area contributed by atoms with Crippen LogP contribution in [0.15, 0.2) is 57.7 Å². The molecule has 0 unspecified atom stereocenters. The Hall–Kier alpha value is -3.61. The van der Waals surface area contributed by atoms with Gasteiger partial charge in [-0.1, -0.05) is 18.2 Å². The molecule has 0 aliphatic carbocycles. The Morgan fingerprint density at radius 2 is 1.81 bits per heavy atom. The maximum absolute atomic E-state index is 12.6. The summed E-state index contributed by atoms with van der Waals surface area (Å²) in [5.74, 6) is -0.497. The third-order valence-corrected chi connectivity index (χ3v) is 3.65. The second-order valence-electron chi connectivity index (χ2n) is 5.54. The molecule has 0 bridgehead atoms. The number of ether oxygens (including phenoxy) is 1. The van der Waals surface area contributed by atoms with Crippen LogP contribution in [0.5, 0.6) is 5.75 Å². The monoisotopic (exact) mass is 352 g/mol. The highest BCUT2D eigenvalue weighted by molar-refractivity contribution is 6.06. The van der Waals surface area contributed by atoms with E-state index in [4.69, 9.17) is 9.15 Å². The number of para-hydroxylation sites is 1. The van der Waals surface area contributed by atoms with Crippen LogP contribution in [-0.4, -0.2) is 18.9 Å². The Morgan fingerprint density at radius 1 is 1.04 bits per heavy atom. The van der Waals surface area contributed by atoms with Gasteiger partial charge in [-0.25, -0.2) is 4.79 Å². The van der Waals surface area contributed by atoms with Gasteiger partial charge in [0.1, 0.15) is 16.9 Å². The van der Waals surface area contributed by atoms with Crippen molar-refractivity contribution < 1.29 is 18.7 Å². The second-order valence-corrected chi connectivity index (χ2v) is 5.54. The molecule has 132 valence electrons.